The number of nitrogens with zero attached hydrogens (tertiary/aromatic N) is 4. The number of imidazole rings is 1. The third-order valence-electron chi connectivity index (χ3n) is 12.3. The molecule has 2 atom stereocenters. The second-order valence-electron chi connectivity index (χ2n) is 15.3. The van der Waals surface area contributed by atoms with E-state index < -0.39 is 10.8 Å². The van der Waals surface area contributed by atoms with Gasteiger partial charge in [-0.3, -0.25) is 15.0 Å². The summed E-state index contributed by atoms with van der Waals surface area (Å²) in [4.78, 5) is 15.7. The van der Waals surface area contributed by atoms with Crippen molar-refractivity contribution in [3.05, 3.63) is 191 Å². The summed E-state index contributed by atoms with van der Waals surface area (Å²) in [6.07, 6.45) is 3.75. The van der Waals surface area contributed by atoms with Crippen molar-refractivity contribution in [1.82, 2.24) is 19.4 Å². The molecule has 0 N–H and O–H groups in total. The van der Waals surface area contributed by atoms with Crippen molar-refractivity contribution in [2.75, 3.05) is 0 Å². The fraction of sp³-hybridized carbons (Fsp3) is 0.213. The minimum atomic E-state index is -0.693. The zero-order chi connectivity index (χ0) is 35.2. The van der Waals surface area contributed by atoms with Crippen LogP contribution in [0.3, 0.4) is 0 Å². The number of hydrogen-bond donors (Lipinski definition) is 0. The van der Waals surface area contributed by atoms with Gasteiger partial charge < -0.3 is 4.40 Å². The third kappa shape index (κ3) is 4.52. The van der Waals surface area contributed by atoms with Crippen LogP contribution in [0.1, 0.15) is 86.6 Å². The molecule has 4 aromatic heterocycles. The Kier molecular flexibility index (Phi) is 7.91. The van der Waals surface area contributed by atoms with E-state index in [1.165, 1.54) is 22.2 Å². The van der Waals surface area contributed by atoms with Gasteiger partial charge in [-0.15, -0.1) is 34.9 Å². The van der Waals surface area contributed by atoms with Crippen molar-refractivity contribution in [3.8, 4) is 0 Å². The van der Waals surface area contributed by atoms with Crippen LogP contribution in [-0.2, 0) is 41.8 Å². The summed E-state index contributed by atoms with van der Waals surface area (Å²) in [5.74, 6) is 0. The molecular weight excluding hydrogens is 813 g/mol. The summed E-state index contributed by atoms with van der Waals surface area (Å²) >= 11 is 0. The van der Waals surface area contributed by atoms with Crippen molar-refractivity contribution >= 4 is 27.3 Å². The van der Waals surface area contributed by atoms with Crippen LogP contribution in [0.25, 0.3) is 27.3 Å². The molecule has 9 rings (SSSR count). The molecule has 52 heavy (non-hydrogen) atoms. The van der Waals surface area contributed by atoms with Gasteiger partial charge in [-0.2, -0.15) is 60.7 Å². The van der Waals surface area contributed by atoms with Gasteiger partial charge in [-0.05, 0) is 49.1 Å². The topological polar surface area (TPSA) is 43.1 Å². The molecule has 8 aromatic rings. The van der Waals surface area contributed by atoms with Crippen molar-refractivity contribution < 1.29 is 20.1 Å². The Morgan fingerprint density at radius 2 is 1.21 bits per heavy atom. The van der Waals surface area contributed by atoms with E-state index in [9.17, 15) is 0 Å². The van der Waals surface area contributed by atoms with Crippen LogP contribution >= 0.6 is 0 Å². The minimum absolute atomic E-state index is 0. The molecule has 1 unspecified atom stereocenters. The van der Waals surface area contributed by atoms with Gasteiger partial charge in [0.15, 0.2) is 0 Å². The standard InChI is InChI=1S/C47H39N4.Ir/c1-44(2)37-23-17-22-35-34-27-26-33(46(5,31-18-9-7-10-19-31)38-24-13-15-28-48-38)30-36(34)43-50-41(42(45(44,3)4)51(43)40(35)37)47(6,32-20-11-8-12-21-32)39-25-14-16-29-49-39;/h7-18,20,22-29H,1-6H3;/q-3;+3/t46?,47-;/m1./s1. The molecule has 4 nitrogen and oxygen atoms in total. The van der Waals surface area contributed by atoms with E-state index >= 15 is 0 Å². The Labute approximate surface area is 319 Å². The average Bonchev–Trinajstić information content (AvgIpc) is 3.60. The van der Waals surface area contributed by atoms with Gasteiger partial charge in [0.25, 0.3) is 0 Å². The maximum absolute atomic E-state index is 5.80. The van der Waals surface area contributed by atoms with Gasteiger partial charge in [0, 0.05) is 39.8 Å². The zero-order valence-electron chi connectivity index (χ0n) is 30.2. The SMILES string of the molecule is CC(c1[c-]cccc1)(c1[c-]c2c(cc1)c1cccc3c1n1c(c([C@](C)(c4[c-]cccc4)c4ccccn4)nc21)C(C)(C)C3(C)C)c1ccccn1.[Ir+3]. The van der Waals surface area contributed by atoms with Crippen LogP contribution in [0.15, 0.2) is 128 Å². The molecule has 0 radical (unpaired) electrons. The summed E-state index contributed by atoms with van der Waals surface area (Å²) in [7, 11) is 0. The van der Waals surface area contributed by atoms with Gasteiger partial charge in [-0.25, -0.2) is 0 Å². The van der Waals surface area contributed by atoms with E-state index in [1.54, 1.807) is 0 Å². The van der Waals surface area contributed by atoms with Gasteiger partial charge in [0.05, 0.1) is 28.1 Å². The van der Waals surface area contributed by atoms with Gasteiger partial charge in [-0.1, -0.05) is 68.8 Å². The Hall–Kier alpha value is -4.96. The maximum Gasteiger partial charge on any atom is 3.00 e. The van der Waals surface area contributed by atoms with Crippen LogP contribution in [0.2, 0.25) is 0 Å². The summed E-state index contributed by atoms with van der Waals surface area (Å²) < 4.78 is 2.46. The molecule has 0 spiro atoms. The van der Waals surface area contributed by atoms with E-state index in [2.05, 4.69) is 143 Å². The van der Waals surface area contributed by atoms with E-state index in [-0.39, 0.29) is 30.9 Å². The summed E-state index contributed by atoms with van der Waals surface area (Å²) in [5.41, 5.74) is 8.75. The smallest absolute Gasteiger partial charge is 0.336 e. The molecular formula is C47H39IrN4. The minimum Gasteiger partial charge on any atom is -0.336 e. The first-order valence-electron chi connectivity index (χ1n) is 17.7. The molecule has 0 saturated carbocycles. The number of hydrogen-bond acceptors (Lipinski definition) is 3. The average molecular weight is 852 g/mol. The first-order chi connectivity index (χ1) is 24.6. The normalized spacial score (nSPS) is 16.7. The number of para-hydroxylation sites is 1. The van der Waals surface area contributed by atoms with Crippen LogP contribution in [0.4, 0.5) is 0 Å². The Balaban J connectivity index is 0.00000387. The molecule has 1 aliphatic rings. The van der Waals surface area contributed by atoms with Crippen LogP contribution in [-0.4, -0.2) is 19.4 Å². The largest absolute Gasteiger partial charge is 3.00 e. The van der Waals surface area contributed by atoms with Crippen molar-refractivity contribution in [1.29, 1.82) is 0 Å². The van der Waals surface area contributed by atoms with Crippen LogP contribution < -0.4 is 0 Å². The molecule has 0 aliphatic carbocycles. The first kappa shape index (κ1) is 34.1. The molecule has 4 aromatic carbocycles. The molecule has 0 saturated heterocycles. The monoisotopic (exact) mass is 852 g/mol. The van der Waals surface area contributed by atoms with Gasteiger partial charge in [0.2, 0.25) is 0 Å². The Morgan fingerprint density at radius 3 is 1.81 bits per heavy atom. The number of aromatic nitrogens is 4. The van der Waals surface area contributed by atoms with E-state index in [0.29, 0.717) is 0 Å². The molecule has 0 fully saturated rings. The molecule has 256 valence electrons. The third-order valence-corrected chi connectivity index (χ3v) is 12.3. The molecule has 1 aliphatic heterocycles. The molecule has 0 bridgehead atoms. The van der Waals surface area contributed by atoms with Crippen LogP contribution in [0.5, 0.6) is 0 Å². The van der Waals surface area contributed by atoms with Gasteiger partial charge >= 0.3 is 20.1 Å². The predicted octanol–water partition coefficient (Wildman–Crippen LogP) is 10.1. The number of pyridine rings is 3. The summed E-state index contributed by atoms with van der Waals surface area (Å²) in [6.45, 7) is 14.0. The second kappa shape index (κ2) is 12.0. The fourth-order valence-corrected chi connectivity index (χ4v) is 8.59. The fourth-order valence-electron chi connectivity index (χ4n) is 8.59. The number of benzene rings is 4. The Morgan fingerprint density at radius 1 is 0.596 bits per heavy atom. The van der Waals surface area contributed by atoms with Crippen molar-refractivity contribution in [2.45, 2.75) is 63.2 Å². The van der Waals surface area contributed by atoms with Crippen molar-refractivity contribution in [2.24, 2.45) is 0 Å². The van der Waals surface area contributed by atoms with Gasteiger partial charge in [0.1, 0.15) is 0 Å². The molecule has 0 amide bonds. The Bertz CT molecular complexity index is 2510. The predicted molar refractivity (Wildman–Crippen MR) is 205 cm³/mol. The van der Waals surface area contributed by atoms with E-state index in [0.717, 1.165) is 50.2 Å². The zero-order valence-corrected chi connectivity index (χ0v) is 32.6. The maximum atomic E-state index is 5.80. The number of rotatable bonds is 6. The molecule has 5 heteroatoms. The molecule has 5 heterocycles. The van der Waals surface area contributed by atoms with E-state index in [1.807, 2.05) is 48.8 Å². The quantitative estimate of drug-likeness (QED) is 0.124. The van der Waals surface area contributed by atoms with Crippen molar-refractivity contribution in [3.63, 3.8) is 0 Å². The second-order valence-corrected chi connectivity index (χ2v) is 15.3. The number of fused-ring (bicyclic) bond motifs is 3. The van der Waals surface area contributed by atoms with E-state index in [4.69, 9.17) is 15.0 Å². The summed E-state index contributed by atoms with van der Waals surface area (Å²) in [6, 6.07) is 51.2. The summed E-state index contributed by atoms with van der Waals surface area (Å²) in [5, 5.41) is 3.31. The first-order valence-corrected chi connectivity index (χ1v) is 17.7. The van der Waals surface area contributed by atoms with Crippen LogP contribution in [0, 0.1) is 18.2 Å².